The average Bonchev–Trinajstić information content (AvgIpc) is 2.16. The summed E-state index contributed by atoms with van der Waals surface area (Å²) in [6.07, 6.45) is 0. The highest BCUT2D eigenvalue weighted by atomic mass is 79.9. The summed E-state index contributed by atoms with van der Waals surface area (Å²) >= 11 is 6.62. The van der Waals surface area contributed by atoms with Crippen LogP contribution in [0.25, 0.3) is 4.48 Å². The summed E-state index contributed by atoms with van der Waals surface area (Å²) < 4.78 is 0.935. The first-order chi connectivity index (χ1) is 6.63. The Morgan fingerprint density at radius 1 is 1.50 bits per heavy atom. The van der Waals surface area contributed by atoms with Crippen molar-refractivity contribution in [1.29, 1.82) is 0 Å². The SMILES string of the molecule is CC(=O)Nc1cccc(C(Br)=CBr)c1. The summed E-state index contributed by atoms with van der Waals surface area (Å²) in [4.78, 5) is 12.6. The summed E-state index contributed by atoms with van der Waals surface area (Å²) in [5, 5.41) is 2.72. The van der Waals surface area contributed by atoms with Crippen LogP contribution >= 0.6 is 31.9 Å². The smallest absolute Gasteiger partial charge is 0.221 e. The van der Waals surface area contributed by atoms with Crippen LogP contribution in [0, 0.1) is 0 Å². The molecule has 2 nitrogen and oxygen atoms in total. The second-order valence-corrected chi connectivity index (χ2v) is 4.03. The molecule has 0 saturated carbocycles. The number of rotatable bonds is 2. The van der Waals surface area contributed by atoms with Gasteiger partial charge in [0.2, 0.25) is 5.91 Å². The summed E-state index contributed by atoms with van der Waals surface area (Å²) in [5.41, 5.74) is 1.80. The molecule has 0 aromatic heterocycles. The van der Waals surface area contributed by atoms with Gasteiger partial charge in [0.15, 0.2) is 0 Å². The van der Waals surface area contributed by atoms with E-state index in [1.54, 1.807) is 4.99 Å². The van der Waals surface area contributed by atoms with E-state index in [0.717, 1.165) is 15.7 Å². The third-order valence-electron chi connectivity index (χ3n) is 1.55. The molecule has 1 aromatic rings. The molecule has 74 valence electrons. The highest BCUT2D eigenvalue weighted by Crippen LogP contribution is 2.24. The van der Waals surface area contributed by atoms with Crippen LogP contribution in [-0.2, 0) is 4.79 Å². The fourth-order valence-electron chi connectivity index (χ4n) is 1.01. The second-order valence-electron chi connectivity index (χ2n) is 2.72. The highest BCUT2D eigenvalue weighted by Gasteiger charge is 1.99. The van der Waals surface area contributed by atoms with E-state index in [9.17, 15) is 4.79 Å². The Labute approximate surface area is 99.6 Å². The van der Waals surface area contributed by atoms with Gasteiger partial charge in [0.05, 0.1) is 0 Å². The molecule has 0 bridgehead atoms. The van der Waals surface area contributed by atoms with Gasteiger partial charge in [-0.1, -0.05) is 28.1 Å². The monoisotopic (exact) mass is 317 g/mol. The van der Waals surface area contributed by atoms with Crippen LogP contribution in [-0.4, -0.2) is 5.91 Å². The number of amides is 1. The molecular weight excluding hydrogens is 310 g/mol. The maximum absolute atomic E-state index is 10.8. The van der Waals surface area contributed by atoms with Gasteiger partial charge in [-0.05, 0) is 38.6 Å². The first-order valence-electron chi connectivity index (χ1n) is 3.97. The van der Waals surface area contributed by atoms with E-state index >= 15 is 0 Å². The van der Waals surface area contributed by atoms with Crippen LogP contribution in [0.4, 0.5) is 5.69 Å². The van der Waals surface area contributed by atoms with Gasteiger partial charge in [-0.25, -0.2) is 0 Å². The zero-order valence-corrected chi connectivity index (χ0v) is 10.7. The minimum Gasteiger partial charge on any atom is -0.326 e. The van der Waals surface area contributed by atoms with Crippen molar-refractivity contribution in [3.63, 3.8) is 0 Å². The van der Waals surface area contributed by atoms with Crippen LogP contribution in [0.5, 0.6) is 0 Å². The van der Waals surface area contributed by atoms with Crippen molar-refractivity contribution in [2.24, 2.45) is 0 Å². The number of hydrogen-bond acceptors (Lipinski definition) is 1. The summed E-state index contributed by atoms with van der Waals surface area (Å²) in [6.45, 7) is 1.49. The van der Waals surface area contributed by atoms with Crippen molar-refractivity contribution >= 4 is 47.9 Å². The predicted molar refractivity (Wildman–Crippen MR) is 66.6 cm³/mol. The summed E-state index contributed by atoms with van der Waals surface area (Å²) in [7, 11) is 0. The van der Waals surface area contributed by atoms with Gasteiger partial charge in [-0.2, -0.15) is 0 Å². The van der Waals surface area contributed by atoms with E-state index in [4.69, 9.17) is 0 Å². The second kappa shape index (κ2) is 5.32. The van der Waals surface area contributed by atoms with Gasteiger partial charge in [0, 0.05) is 17.1 Å². The third-order valence-corrected chi connectivity index (χ3v) is 3.31. The van der Waals surface area contributed by atoms with Gasteiger partial charge in [0.25, 0.3) is 0 Å². The van der Waals surface area contributed by atoms with E-state index in [1.165, 1.54) is 6.92 Å². The molecule has 0 atom stereocenters. The van der Waals surface area contributed by atoms with Crippen molar-refractivity contribution in [2.45, 2.75) is 6.92 Å². The highest BCUT2D eigenvalue weighted by molar-refractivity contribution is 9.16. The molecule has 0 saturated heterocycles. The van der Waals surface area contributed by atoms with Gasteiger partial charge in [-0.3, -0.25) is 4.79 Å². The Bertz CT molecular complexity index is 374. The van der Waals surface area contributed by atoms with E-state index < -0.39 is 0 Å². The van der Waals surface area contributed by atoms with Crippen LogP contribution in [0.1, 0.15) is 12.5 Å². The predicted octanol–water partition coefficient (Wildman–Crippen LogP) is 3.73. The number of nitrogens with one attached hydrogen (secondary N) is 1. The molecule has 0 unspecified atom stereocenters. The van der Waals surface area contributed by atoms with E-state index in [-0.39, 0.29) is 5.91 Å². The molecule has 0 aliphatic rings. The lowest BCUT2D eigenvalue weighted by atomic mass is 10.2. The average molecular weight is 319 g/mol. The number of halogens is 2. The fraction of sp³-hybridized carbons (Fsp3) is 0.100. The lowest BCUT2D eigenvalue weighted by molar-refractivity contribution is -0.114. The topological polar surface area (TPSA) is 29.1 Å². The Morgan fingerprint density at radius 2 is 2.21 bits per heavy atom. The molecule has 1 amide bonds. The zero-order chi connectivity index (χ0) is 10.6. The molecule has 1 N–H and O–H groups in total. The molecule has 14 heavy (non-hydrogen) atoms. The molecule has 1 aromatic carbocycles. The third kappa shape index (κ3) is 3.27. The molecule has 0 fully saturated rings. The maximum Gasteiger partial charge on any atom is 0.221 e. The Kier molecular flexibility index (Phi) is 4.35. The number of anilines is 1. The van der Waals surface area contributed by atoms with E-state index in [2.05, 4.69) is 37.2 Å². The minimum atomic E-state index is -0.0684. The molecule has 0 aliphatic carbocycles. The van der Waals surface area contributed by atoms with Gasteiger partial charge in [-0.15, -0.1) is 0 Å². The number of carbonyl (C=O) groups excluding carboxylic acids is 1. The van der Waals surface area contributed by atoms with Crippen LogP contribution in [0.3, 0.4) is 0 Å². The quantitative estimate of drug-likeness (QED) is 0.884. The molecule has 0 radical (unpaired) electrons. The Hall–Kier alpha value is -0.610. The van der Waals surface area contributed by atoms with Crippen molar-refractivity contribution in [3.05, 3.63) is 34.8 Å². The molecule has 0 heterocycles. The number of hydrogen-bond donors (Lipinski definition) is 1. The van der Waals surface area contributed by atoms with Crippen molar-refractivity contribution in [3.8, 4) is 0 Å². The molecule has 4 heteroatoms. The van der Waals surface area contributed by atoms with Gasteiger partial charge >= 0.3 is 0 Å². The number of carbonyl (C=O) groups is 1. The van der Waals surface area contributed by atoms with Crippen LogP contribution in [0.15, 0.2) is 29.3 Å². The lowest BCUT2D eigenvalue weighted by Gasteiger charge is -2.04. The molecular formula is C10H9Br2NO. The Morgan fingerprint density at radius 3 is 2.79 bits per heavy atom. The Balaban J connectivity index is 2.95. The molecule has 0 aliphatic heterocycles. The number of benzene rings is 1. The zero-order valence-electron chi connectivity index (χ0n) is 7.55. The van der Waals surface area contributed by atoms with Crippen molar-refractivity contribution in [1.82, 2.24) is 0 Å². The maximum atomic E-state index is 10.8. The standard InChI is InChI=1S/C10H9Br2NO/c1-7(14)13-9-4-2-3-8(5-9)10(12)6-11/h2-6H,1H3,(H,13,14). The van der Waals surface area contributed by atoms with E-state index in [1.807, 2.05) is 24.3 Å². The van der Waals surface area contributed by atoms with E-state index in [0.29, 0.717) is 0 Å². The summed E-state index contributed by atoms with van der Waals surface area (Å²) in [6, 6.07) is 7.58. The van der Waals surface area contributed by atoms with Crippen LogP contribution in [0.2, 0.25) is 0 Å². The van der Waals surface area contributed by atoms with Crippen molar-refractivity contribution < 1.29 is 4.79 Å². The molecule has 0 spiro atoms. The first-order valence-corrected chi connectivity index (χ1v) is 5.68. The van der Waals surface area contributed by atoms with Crippen LogP contribution < -0.4 is 5.32 Å². The largest absolute Gasteiger partial charge is 0.326 e. The van der Waals surface area contributed by atoms with Crippen molar-refractivity contribution in [2.75, 3.05) is 5.32 Å². The fourth-order valence-corrected chi connectivity index (χ4v) is 1.52. The minimum absolute atomic E-state index is 0.0684. The lowest BCUT2D eigenvalue weighted by Crippen LogP contribution is -2.05. The van der Waals surface area contributed by atoms with Gasteiger partial charge in [0.1, 0.15) is 0 Å². The summed E-state index contributed by atoms with van der Waals surface area (Å²) in [5.74, 6) is -0.0684. The first kappa shape index (κ1) is 11.5. The normalized spacial score (nSPS) is 11.2. The van der Waals surface area contributed by atoms with Gasteiger partial charge < -0.3 is 5.32 Å². The molecule has 1 rings (SSSR count).